The number of carbonyl (C=O) groups is 2. The molecule has 36 heavy (non-hydrogen) atoms. The summed E-state index contributed by atoms with van der Waals surface area (Å²) in [6.07, 6.45) is 3.48. The number of anilines is 1. The minimum atomic E-state index is -0.577. The molecule has 0 saturated carbocycles. The molecule has 0 radical (unpaired) electrons. The first kappa shape index (κ1) is 25.7. The van der Waals surface area contributed by atoms with Gasteiger partial charge in [-0.2, -0.15) is 0 Å². The molecular formula is C25H27Cl2FN6O2. The highest BCUT2D eigenvalue weighted by atomic mass is 35.5. The van der Waals surface area contributed by atoms with Crippen LogP contribution < -0.4 is 22.1 Å². The monoisotopic (exact) mass is 532 g/mol. The summed E-state index contributed by atoms with van der Waals surface area (Å²) in [5, 5.41) is 6.00. The average molecular weight is 533 g/mol. The molecule has 2 heterocycles. The number of likely N-dealkylation sites (tertiary alicyclic amines) is 1. The van der Waals surface area contributed by atoms with E-state index in [2.05, 4.69) is 10.6 Å². The topological polar surface area (TPSA) is 117 Å². The van der Waals surface area contributed by atoms with Crippen LogP contribution in [0.3, 0.4) is 0 Å². The first-order valence-electron chi connectivity index (χ1n) is 11.5. The van der Waals surface area contributed by atoms with Crippen molar-refractivity contribution in [2.75, 3.05) is 31.5 Å². The van der Waals surface area contributed by atoms with E-state index in [1.165, 1.54) is 18.2 Å². The Morgan fingerprint density at radius 1 is 1.08 bits per heavy atom. The maximum atomic E-state index is 14.0. The fourth-order valence-corrected chi connectivity index (χ4v) is 4.65. The summed E-state index contributed by atoms with van der Waals surface area (Å²) in [7, 11) is 0. The third-order valence-electron chi connectivity index (χ3n) is 6.14. The smallest absolute Gasteiger partial charge is 0.271 e. The molecule has 0 bridgehead atoms. The molecule has 2 aliphatic rings. The molecule has 2 aromatic carbocycles. The molecule has 0 unspecified atom stereocenters. The number of nitrogens with one attached hydrogen (secondary N) is 2. The van der Waals surface area contributed by atoms with Gasteiger partial charge in [0.15, 0.2) is 0 Å². The Labute approximate surface area is 218 Å². The van der Waals surface area contributed by atoms with E-state index in [-0.39, 0.29) is 23.2 Å². The Kier molecular flexibility index (Phi) is 7.91. The molecule has 1 fully saturated rings. The molecule has 2 aromatic rings. The SMILES string of the molecule is NC1=C(/C=C(\N)C(=O)Nc2ccc(C(=O)N3CCCC3)cc2)N(Cc2c(Cl)ccc(F)c2Cl)CCN1. The molecule has 4 rings (SSSR count). The number of amides is 2. The summed E-state index contributed by atoms with van der Waals surface area (Å²) in [5.74, 6) is -0.824. The quantitative estimate of drug-likeness (QED) is 0.334. The van der Waals surface area contributed by atoms with E-state index in [0.29, 0.717) is 46.4 Å². The number of hydrogen-bond donors (Lipinski definition) is 4. The highest BCUT2D eigenvalue weighted by Gasteiger charge is 2.22. The van der Waals surface area contributed by atoms with Crippen LogP contribution in [0, 0.1) is 5.82 Å². The van der Waals surface area contributed by atoms with E-state index >= 15 is 0 Å². The molecule has 0 aliphatic carbocycles. The average Bonchev–Trinajstić information content (AvgIpc) is 3.41. The number of halogens is 3. The van der Waals surface area contributed by atoms with E-state index in [1.54, 1.807) is 24.3 Å². The summed E-state index contributed by atoms with van der Waals surface area (Å²) in [4.78, 5) is 28.9. The van der Waals surface area contributed by atoms with Crippen molar-refractivity contribution < 1.29 is 14.0 Å². The molecular weight excluding hydrogens is 506 g/mol. The second-order valence-corrected chi connectivity index (χ2v) is 9.38. The third kappa shape index (κ3) is 5.68. The van der Waals surface area contributed by atoms with Gasteiger partial charge >= 0.3 is 0 Å². The molecule has 0 aromatic heterocycles. The molecule has 6 N–H and O–H groups in total. The Bertz CT molecular complexity index is 1230. The van der Waals surface area contributed by atoms with Crippen LogP contribution in [0.1, 0.15) is 28.8 Å². The lowest BCUT2D eigenvalue weighted by Gasteiger charge is -2.32. The van der Waals surface area contributed by atoms with E-state index < -0.39 is 11.7 Å². The van der Waals surface area contributed by atoms with Crippen LogP contribution in [0.4, 0.5) is 10.1 Å². The molecule has 1 saturated heterocycles. The number of allylic oxidation sites excluding steroid dienone is 1. The van der Waals surface area contributed by atoms with E-state index in [4.69, 9.17) is 34.7 Å². The van der Waals surface area contributed by atoms with Crippen molar-refractivity contribution >= 4 is 40.7 Å². The van der Waals surface area contributed by atoms with Crippen molar-refractivity contribution in [1.82, 2.24) is 15.1 Å². The molecule has 2 aliphatic heterocycles. The highest BCUT2D eigenvalue weighted by Crippen LogP contribution is 2.30. The number of nitrogens with zero attached hydrogens (tertiary/aromatic N) is 2. The summed E-state index contributed by atoms with van der Waals surface area (Å²) < 4.78 is 14.0. The lowest BCUT2D eigenvalue weighted by molar-refractivity contribution is -0.112. The molecule has 8 nitrogen and oxygen atoms in total. The van der Waals surface area contributed by atoms with Crippen molar-refractivity contribution in [3.8, 4) is 0 Å². The molecule has 190 valence electrons. The molecule has 0 atom stereocenters. The number of carbonyl (C=O) groups excluding carboxylic acids is 2. The van der Waals surface area contributed by atoms with Crippen molar-refractivity contribution in [3.05, 3.63) is 86.7 Å². The summed E-state index contributed by atoms with van der Waals surface area (Å²) in [5.41, 5.74) is 14.1. The van der Waals surface area contributed by atoms with Gasteiger partial charge in [0.05, 0.1) is 16.4 Å². The van der Waals surface area contributed by atoms with Crippen molar-refractivity contribution in [3.63, 3.8) is 0 Å². The predicted molar refractivity (Wildman–Crippen MR) is 139 cm³/mol. The van der Waals surface area contributed by atoms with Gasteiger partial charge in [0.2, 0.25) is 0 Å². The van der Waals surface area contributed by atoms with Crippen molar-refractivity contribution in [1.29, 1.82) is 0 Å². The van der Waals surface area contributed by atoms with Gasteiger partial charge in [0, 0.05) is 54.6 Å². The first-order valence-corrected chi connectivity index (χ1v) is 12.3. The highest BCUT2D eigenvalue weighted by molar-refractivity contribution is 6.36. The van der Waals surface area contributed by atoms with Gasteiger partial charge in [-0.3, -0.25) is 9.59 Å². The van der Waals surface area contributed by atoms with Crippen LogP contribution in [0.5, 0.6) is 0 Å². The lowest BCUT2D eigenvalue weighted by Crippen LogP contribution is -2.41. The Balaban J connectivity index is 1.47. The molecule has 11 heteroatoms. The second kappa shape index (κ2) is 11.1. The number of rotatable bonds is 6. The van der Waals surface area contributed by atoms with Crippen LogP contribution in [0.2, 0.25) is 10.0 Å². The second-order valence-electron chi connectivity index (χ2n) is 8.60. The van der Waals surface area contributed by atoms with E-state index in [1.807, 2.05) is 9.80 Å². The maximum Gasteiger partial charge on any atom is 0.271 e. The van der Waals surface area contributed by atoms with Crippen LogP contribution in [0.25, 0.3) is 0 Å². The Hall–Kier alpha value is -3.43. The number of benzene rings is 2. The Morgan fingerprint density at radius 2 is 1.78 bits per heavy atom. The van der Waals surface area contributed by atoms with Crippen molar-refractivity contribution in [2.45, 2.75) is 19.4 Å². The zero-order valence-corrected chi connectivity index (χ0v) is 21.0. The van der Waals surface area contributed by atoms with Crippen LogP contribution in [0.15, 0.2) is 59.7 Å². The van der Waals surface area contributed by atoms with Gasteiger partial charge in [0.1, 0.15) is 11.6 Å². The van der Waals surface area contributed by atoms with Crippen LogP contribution >= 0.6 is 23.2 Å². The summed E-state index contributed by atoms with van der Waals surface area (Å²) >= 11 is 12.4. The normalized spacial score (nSPS) is 16.2. The van der Waals surface area contributed by atoms with Gasteiger partial charge in [-0.1, -0.05) is 23.2 Å². The summed E-state index contributed by atoms with van der Waals surface area (Å²) in [6, 6.07) is 9.31. The molecule has 2 amide bonds. The van der Waals surface area contributed by atoms with Gasteiger partial charge in [-0.25, -0.2) is 4.39 Å². The fourth-order valence-electron chi connectivity index (χ4n) is 4.16. The lowest BCUT2D eigenvalue weighted by atomic mass is 10.1. The standard InChI is InChI=1S/C25H27Cl2FN6O2/c26-18-7-8-19(28)22(27)17(18)14-34-12-9-31-23(30)21(34)13-20(29)24(35)32-16-5-3-15(4-6-16)25(36)33-10-1-2-11-33/h3-8,13,31H,1-2,9-12,14,29-30H2,(H,32,35)/b20-13-. The van der Waals surface area contributed by atoms with Gasteiger partial charge in [0.25, 0.3) is 11.8 Å². The fraction of sp³-hybridized carbons (Fsp3) is 0.280. The predicted octanol–water partition coefficient (Wildman–Crippen LogP) is 3.38. The van der Waals surface area contributed by atoms with Crippen LogP contribution in [-0.2, 0) is 11.3 Å². The zero-order chi connectivity index (χ0) is 25.8. The van der Waals surface area contributed by atoms with Gasteiger partial charge in [-0.05, 0) is 55.3 Å². The maximum absolute atomic E-state index is 14.0. The van der Waals surface area contributed by atoms with Crippen molar-refractivity contribution in [2.24, 2.45) is 11.5 Å². The summed E-state index contributed by atoms with van der Waals surface area (Å²) in [6.45, 7) is 2.73. The number of hydrogen-bond acceptors (Lipinski definition) is 6. The van der Waals surface area contributed by atoms with Gasteiger partial charge in [-0.15, -0.1) is 0 Å². The Morgan fingerprint density at radius 3 is 2.47 bits per heavy atom. The zero-order valence-electron chi connectivity index (χ0n) is 19.5. The third-order valence-corrected chi connectivity index (χ3v) is 6.90. The molecule has 0 spiro atoms. The minimum Gasteiger partial charge on any atom is -0.394 e. The van der Waals surface area contributed by atoms with E-state index in [0.717, 1.165) is 25.9 Å². The van der Waals surface area contributed by atoms with Crippen LogP contribution in [-0.4, -0.2) is 47.8 Å². The minimum absolute atomic E-state index is 0.0180. The van der Waals surface area contributed by atoms with E-state index in [9.17, 15) is 14.0 Å². The largest absolute Gasteiger partial charge is 0.394 e. The first-order chi connectivity index (χ1) is 17.2. The van der Waals surface area contributed by atoms with Gasteiger partial charge < -0.3 is 31.9 Å². The number of nitrogens with two attached hydrogens (primary N) is 2.